The van der Waals surface area contributed by atoms with Crippen LogP contribution in [0.5, 0.6) is 0 Å². The van der Waals surface area contributed by atoms with Crippen molar-refractivity contribution in [2.24, 2.45) is 0 Å². The Balaban J connectivity index is 0.000000442. The number of hydrogen-bond donors (Lipinski definition) is 6. The van der Waals surface area contributed by atoms with E-state index in [1.54, 1.807) is 18.1 Å². The molecule has 2 aromatic heterocycles. The third-order valence-electron chi connectivity index (χ3n) is 8.03. The summed E-state index contributed by atoms with van der Waals surface area (Å²) in [5, 5.41) is 46.0. The van der Waals surface area contributed by atoms with E-state index in [1.165, 1.54) is 16.0 Å². The van der Waals surface area contributed by atoms with Crippen molar-refractivity contribution in [3.63, 3.8) is 0 Å². The number of quaternary nitrogens is 1. The van der Waals surface area contributed by atoms with E-state index in [9.17, 15) is 34.0 Å². The maximum Gasteiger partial charge on any atom is 0.336 e. The van der Waals surface area contributed by atoms with Gasteiger partial charge in [-0.15, -0.1) is 0 Å². The zero-order chi connectivity index (χ0) is 37.0. The highest BCUT2D eigenvalue weighted by Gasteiger charge is 2.40. The molecule has 2 aromatic rings. The summed E-state index contributed by atoms with van der Waals surface area (Å²) in [4.78, 5) is 81.3. The second-order valence-electron chi connectivity index (χ2n) is 11.9. The van der Waals surface area contributed by atoms with Gasteiger partial charge >= 0.3 is 23.9 Å². The topological polar surface area (TPSA) is 265 Å². The number of aliphatic hydroxyl groups is 1. The number of likely N-dealkylation sites (N-methyl/N-ethyl adjacent to an activating group) is 1. The smallest absolute Gasteiger partial charge is 0.336 e. The van der Waals surface area contributed by atoms with Gasteiger partial charge in [-0.05, 0) is 48.9 Å². The average Bonchev–Trinajstić information content (AvgIpc) is 3.05. The highest BCUT2D eigenvalue weighted by molar-refractivity contribution is 6.01. The number of nitrogens with one attached hydrogen (secondary N) is 2. The Kier molecular flexibility index (Phi) is 13.8. The number of carbonyl (C=O) groups excluding carboxylic acids is 3. The van der Waals surface area contributed by atoms with Gasteiger partial charge in [0.25, 0.3) is 5.91 Å². The summed E-state index contributed by atoms with van der Waals surface area (Å²) in [6, 6.07) is 5.34. The summed E-state index contributed by atoms with van der Waals surface area (Å²) >= 11 is 0. The number of hydrogen-bond acceptors (Lipinski definition) is 11. The molecule has 4 rings (SSSR count). The number of pyridine rings is 2. The lowest BCUT2D eigenvalue weighted by molar-refractivity contribution is -0.874. The third kappa shape index (κ3) is 10.5. The fourth-order valence-corrected chi connectivity index (χ4v) is 5.44. The van der Waals surface area contributed by atoms with E-state index in [-0.39, 0.29) is 11.6 Å². The number of carboxylic acid groups (broad SMARTS) is 3. The van der Waals surface area contributed by atoms with Gasteiger partial charge in [0.15, 0.2) is 18.4 Å². The van der Waals surface area contributed by atoms with Crippen LogP contribution in [0.4, 0.5) is 16.4 Å². The fraction of sp³-hybridized carbons (Fsp3) is 0.469. The van der Waals surface area contributed by atoms with E-state index < -0.39 is 42.4 Å². The Labute approximate surface area is 286 Å². The van der Waals surface area contributed by atoms with E-state index >= 15 is 0 Å². The third-order valence-corrected chi connectivity index (χ3v) is 8.03. The molecule has 50 heavy (non-hydrogen) atoms. The SMILES string of the molecule is COCCCc1cc(NC(=O)N2CCCc3cc(CN4CC[NH+](C)CC4=O)c(C=O)nc32)ncc1C#N.O=C(O)CC(O)(CC(=O)O)C(=O)O. The number of aryl methyl sites for hydroxylation is 2. The molecule has 18 nitrogen and oxygen atoms in total. The van der Waals surface area contributed by atoms with Crippen molar-refractivity contribution >= 4 is 47.8 Å². The molecule has 18 heteroatoms. The minimum atomic E-state index is -2.74. The minimum absolute atomic E-state index is 0.0517. The van der Waals surface area contributed by atoms with Gasteiger partial charge in [0.05, 0.1) is 38.5 Å². The van der Waals surface area contributed by atoms with Crippen LogP contribution in [0.1, 0.15) is 58.4 Å². The summed E-state index contributed by atoms with van der Waals surface area (Å²) < 4.78 is 5.10. The number of amides is 3. The van der Waals surface area contributed by atoms with Gasteiger partial charge in [0, 0.05) is 38.6 Å². The van der Waals surface area contributed by atoms with Crippen molar-refractivity contribution in [3.05, 3.63) is 46.3 Å². The predicted octanol–water partition coefficient (Wildman–Crippen LogP) is -0.667. The quantitative estimate of drug-likeness (QED) is 0.112. The normalized spacial score (nSPS) is 15.6. The number of aliphatic carboxylic acids is 3. The Hall–Kier alpha value is -5.51. The van der Waals surface area contributed by atoms with E-state index in [0.29, 0.717) is 68.3 Å². The zero-order valence-electron chi connectivity index (χ0n) is 27.7. The lowest BCUT2D eigenvalue weighted by atomic mass is 9.96. The molecule has 2 aliphatic heterocycles. The number of nitrogens with zero attached hydrogens (tertiary/aromatic N) is 5. The molecule has 1 unspecified atom stereocenters. The number of aldehydes is 1. The first-order valence-electron chi connectivity index (χ1n) is 15.6. The molecule has 6 N–H and O–H groups in total. The first-order chi connectivity index (χ1) is 23.7. The maximum atomic E-state index is 13.2. The minimum Gasteiger partial charge on any atom is -0.481 e. The summed E-state index contributed by atoms with van der Waals surface area (Å²) in [5.41, 5.74) is 0.296. The van der Waals surface area contributed by atoms with Gasteiger partial charge in [0.2, 0.25) is 0 Å². The van der Waals surface area contributed by atoms with Crippen molar-refractivity contribution in [1.29, 1.82) is 5.26 Å². The average molecular weight is 699 g/mol. The number of aromatic nitrogens is 2. The molecule has 2 aliphatic rings. The summed E-state index contributed by atoms with van der Waals surface area (Å²) in [6.45, 7) is 3.25. The van der Waals surface area contributed by atoms with Crippen LogP contribution in [-0.4, -0.2) is 124 Å². The van der Waals surface area contributed by atoms with Crippen molar-refractivity contribution in [3.8, 4) is 6.07 Å². The van der Waals surface area contributed by atoms with Crippen LogP contribution in [-0.2, 0) is 43.3 Å². The number of methoxy groups -OCH3 is 1. The molecule has 1 saturated heterocycles. The molecule has 4 heterocycles. The number of ether oxygens (including phenoxy) is 1. The number of piperazine rings is 1. The largest absolute Gasteiger partial charge is 0.481 e. The van der Waals surface area contributed by atoms with Crippen molar-refractivity contribution in [2.75, 3.05) is 57.2 Å². The summed E-state index contributed by atoms with van der Waals surface area (Å²) in [7, 11) is 3.61. The number of rotatable bonds is 13. The highest BCUT2D eigenvalue weighted by atomic mass is 16.5. The first-order valence-corrected chi connectivity index (χ1v) is 15.6. The van der Waals surface area contributed by atoms with Gasteiger partial charge in [0.1, 0.15) is 23.4 Å². The molecular weight excluding hydrogens is 658 g/mol. The molecule has 3 amide bonds. The van der Waals surface area contributed by atoms with Crippen molar-refractivity contribution < 1.29 is 58.8 Å². The van der Waals surface area contributed by atoms with Crippen LogP contribution in [0.3, 0.4) is 0 Å². The van der Waals surface area contributed by atoms with Crippen LogP contribution in [0.25, 0.3) is 0 Å². The molecule has 0 aliphatic carbocycles. The maximum absolute atomic E-state index is 13.2. The van der Waals surface area contributed by atoms with Gasteiger partial charge in [-0.25, -0.2) is 19.6 Å². The number of nitriles is 1. The highest BCUT2D eigenvalue weighted by Crippen LogP contribution is 2.28. The molecular formula is C32H40N7O11+. The summed E-state index contributed by atoms with van der Waals surface area (Å²) in [5.74, 6) is -4.19. The Morgan fingerprint density at radius 2 is 1.84 bits per heavy atom. The molecule has 0 aromatic carbocycles. The van der Waals surface area contributed by atoms with E-state index in [2.05, 4.69) is 21.4 Å². The van der Waals surface area contributed by atoms with Gasteiger partial charge in [-0.2, -0.15) is 5.26 Å². The number of anilines is 2. The van der Waals surface area contributed by atoms with Crippen LogP contribution in [0.15, 0.2) is 18.3 Å². The van der Waals surface area contributed by atoms with Crippen LogP contribution in [0.2, 0.25) is 0 Å². The number of carboxylic acids is 3. The van der Waals surface area contributed by atoms with E-state index in [0.717, 1.165) is 36.9 Å². The Morgan fingerprint density at radius 1 is 1.14 bits per heavy atom. The number of carbonyl (C=O) groups is 6. The fourth-order valence-electron chi connectivity index (χ4n) is 5.44. The number of fused-ring (bicyclic) bond motifs is 1. The lowest BCUT2D eigenvalue weighted by Gasteiger charge is -2.32. The second kappa shape index (κ2) is 17.8. The van der Waals surface area contributed by atoms with Crippen LogP contribution < -0.4 is 15.1 Å². The second-order valence-corrected chi connectivity index (χ2v) is 11.9. The first kappa shape index (κ1) is 38.9. The molecule has 0 spiro atoms. The lowest BCUT2D eigenvalue weighted by Crippen LogP contribution is -3.12. The Morgan fingerprint density at radius 3 is 2.42 bits per heavy atom. The predicted molar refractivity (Wildman–Crippen MR) is 173 cm³/mol. The molecule has 0 saturated carbocycles. The summed E-state index contributed by atoms with van der Waals surface area (Å²) in [6.07, 6.45) is 2.67. The van der Waals surface area contributed by atoms with E-state index in [1.807, 2.05) is 13.1 Å². The van der Waals surface area contributed by atoms with Crippen LogP contribution in [0, 0.1) is 11.3 Å². The van der Waals surface area contributed by atoms with Gasteiger partial charge < -0.3 is 35.0 Å². The molecule has 0 radical (unpaired) electrons. The van der Waals surface area contributed by atoms with E-state index in [4.69, 9.17) is 25.2 Å². The van der Waals surface area contributed by atoms with Crippen LogP contribution >= 0.6 is 0 Å². The zero-order valence-corrected chi connectivity index (χ0v) is 27.7. The standard InChI is InChI=1S/C26H31N7O4.C6H8O7/c1-31-8-9-32(24(35)16-31)15-20-11-19-5-3-7-33(25(19)29-22(20)17-34)26(36)30-23-12-18(6-4-10-37-2)21(13-27)14-28-23;7-3(8)1-6(13,5(11)12)2-4(9)10/h11-12,14,17H,3-10,15-16H2,1-2H3,(H,28,30,36);13H,1-2H2,(H,7,8)(H,9,10)(H,11,12)/p+1. The molecule has 1 fully saturated rings. The van der Waals surface area contributed by atoms with Crippen molar-refractivity contribution in [2.45, 2.75) is 50.7 Å². The Bertz CT molecular complexity index is 1640. The molecule has 1 atom stereocenters. The van der Waals surface area contributed by atoms with Crippen molar-refractivity contribution in [1.82, 2.24) is 14.9 Å². The monoisotopic (exact) mass is 698 g/mol. The number of urea groups is 1. The molecule has 0 bridgehead atoms. The molecule has 268 valence electrons. The van der Waals surface area contributed by atoms with Gasteiger partial charge in [-0.3, -0.25) is 29.4 Å². The van der Waals surface area contributed by atoms with Gasteiger partial charge in [-0.1, -0.05) is 0 Å².